The summed E-state index contributed by atoms with van der Waals surface area (Å²) in [6.07, 6.45) is 0. The Morgan fingerprint density at radius 3 is 2.46 bits per heavy atom. The van der Waals surface area contributed by atoms with Gasteiger partial charge in [0.1, 0.15) is 5.75 Å². The van der Waals surface area contributed by atoms with Crippen molar-refractivity contribution in [3.05, 3.63) is 64.2 Å². The second-order valence-corrected chi connectivity index (χ2v) is 5.57. The number of amides is 1. The van der Waals surface area contributed by atoms with Crippen molar-refractivity contribution in [2.75, 3.05) is 13.7 Å². The molecule has 24 heavy (non-hydrogen) atoms. The Morgan fingerprint density at radius 1 is 1.12 bits per heavy atom. The summed E-state index contributed by atoms with van der Waals surface area (Å²) in [5, 5.41) is 3.41. The molecule has 2 aromatic carbocycles. The molecule has 126 valence electrons. The number of hydrogen-bond donors (Lipinski definition) is 1. The smallest absolute Gasteiger partial charge is 0.337 e. The van der Waals surface area contributed by atoms with E-state index in [9.17, 15) is 9.59 Å². The highest BCUT2D eigenvalue weighted by Gasteiger charge is 2.06. The summed E-state index contributed by atoms with van der Waals surface area (Å²) in [6.45, 7) is 2.14. The lowest BCUT2D eigenvalue weighted by Gasteiger charge is -2.09. The fraction of sp³-hybridized carbons (Fsp3) is 0.222. The Kier molecular flexibility index (Phi) is 6.21. The van der Waals surface area contributed by atoms with Crippen LogP contribution in [0.5, 0.6) is 5.75 Å². The number of benzene rings is 2. The van der Waals surface area contributed by atoms with Crippen LogP contribution >= 0.6 is 11.6 Å². The van der Waals surface area contributed by atoms with Crippen LogP contribution in [0.2, 0.25) is 5.02 Å². The average molecular weight is 348 g/mol. The third-order valence-corrected chi connectivity index (χ3v) is 3.79. The van der Waals surface area contributed by atoms with E-state index in [1.165, 1.54) is 7.11 Å². The molecule has 0 unspecified atom stereocenters. The van der Waals surface area contributed by atoms with E-state index in [-0.39, 0.29) is 12.5 Å². The van der Waals surface area contributed by atoms with Crippen molar-refractivity contribution in [2.45, 2.75) is 13.5 Å². The summed E-state index contributed by atoms with van der Waals surface area (Å²) in [5.74, 6) is -0.0358. The fourth-order valence-corrected chi connectivity index (χ4v) is 2.10. The highest BCUT2D eigenvalue weighted by Crippen LogP contribution is 2.20. The summed E-state index contributed by atoms with van der Waals surface area (Å²) < 4.78 is 10.1. The van der Waals surface area contributed by atoms with Crippen molar-refractivity contribution in [1.82, 2.24) is 5.32 Å². The second-order valence-electron chi connectivity index (χ2n) is 5.16. The lowest BCUT2D eigenvalue weighted by molar-refractivity contribution is -0.123. The minimum Gasteiger partial charge on any atom is -0.484 e. The highest BCUT2D eigenvalue weighted by atomic mass is 35.5. The molecule has 6 heteroatoms. The van der Waals surface area contributed by atoms with Crippen LogP contribution < -0.4 is 10.1 Å². The number of aryl methyl sites for hydroxylation is 1. The topological polar surface area (TPSA) is 64.6 Å². The van der Waals surface area contributed by atoms with E-state index in [0.29, 0.717) is 22.9 Å². The minimum absolute atomic E-state index is 0.0820. The maximum absolute atomic E-state index is 11.8. The van der Waals surface area contributed by atoms with Gasteiger partial charge < -0.3 is 14.8 Å². The molecule has 0 fully saturated rings. The zero-order valence-corrected chi connectivity index (χ0v) is 14.2. The Labute approximate surface area is 145 Å². The van der Waals surface area contributed by atoms with Gasteiger partial charge in [0.25, 0.3) is 5.91 Å². The van der Waals surface area contributed by atoms with Crippen LogP contribution in [0.15, 0.2) is 42.5 Å². The molecular formula is C18H18ClNO4. The van der Waals surface area contributed by atoms with Gasteiger partial charge in [0.15, 0.2) is 6.61 Å². The van der Waals surface area contributed by atoms with E-state index in [1.807, 2.05) is 6.92 Å². The van der Waals surface area contributed by atoms with E-state index in [4.69, 9.17) is 16.3 Å². The fourth-order valence-electron chi connectivity index (χ4n) is 1.98. The summed E-state index contributed by atoms with van der Waals surface area (Å²) in [7, 11) is 1.33. The van der Waals surface area contributed by atoms with Gasteiger partial charge in [-0.3, -0.25) is 4.79 Å². The summed E-state index contributed by atoms with van der Waals surface area (Å²) >= 11 is 5.94. The normalized spacial score (nSPS) is 10.1. The highest BCUT2D eigenvalue weighted by molar-refractivity contribution is 6.31. The maximum atomic E-state index is 11.8. The van der Waals surface area contributed by atoms with Crippen LogP contribution in [-0.4, -0.2) is 25.6 Å². The standard InChI is InChI=1S/C18H18ClNO4/c1-12-9-15(7-8-16(12)19)24-11-17(21)20-10-13-3-5-14(6-4-13)18(22)23-2/h3-9H,10-11H2,1-2H3,(H,20,21). The monoisotopic (exact) mass is 347 g/mol. The van der Waals surface area contributed by atoms with Gasteiger partial charge in [0.2, 0.25) is 0 Å². The van der Waals surface area contributed by atoms with Gasteiger partial charge in [-0.2, -0.15) is 0 Å². The van der Waals surface area contributed by atoms with Crippen LogP contribution in [-0.2, 0) is 16.1 Å². The predicted molar refractivity (Wildman–Crippen MR) is 91.3 cm³/mol. The molecule has 2 rings (SSSR count). The van der Waals surface area contributed by atoms with Crippen molar-refractivity contribution in [2.24, 2.45) is 0 Å². The Balaban J connectivity index is 1.80. The number of rotatable bonds is 6. The minimum atomic E-state index is -0.391. The quantitative estimate of drug-likeness (QED) is 0.815. The first-order valence-corrected chi connectivity index (χ1v) is 7.70. The third kappa shape index (κ3) is 4.99. The van der Waals surface area contributed by atoms with E-state index >= 15 is 0 Å². The van der Waals surface area contributed by atoms with E-state index in [0.717, 1.165) is 11.1 Å². The molecule has 0 aromatic heterocycles. The largest absolute Gasteiger partial charge is 0.484 e. The van der Waals surface area contributed by atoms with E-state index in [1.54, 1.807) is 42.5 Å². The lowest BCUT2D eigenvalue weighted by Crippen LogP contribution is -2.28. The molecule has 0 aliphatic carbocycles. The van der Waals surface area contributed by atoms with Crippen LogP contribution in [0, 0.1) is 6.92 Å². The van der Waals surface area contributed by atoms with Crippen LogP contribution in [0.3, 0.4) is 0 Å². The van der Waals surface area contributed by atoms with Crippen molar-refractivity contribution >= 4 is 23.5 Å². The SMILES string of the molecule is COC(=O)c1ccc(CNC(=O)COc2ccc(Cl)c(C)c2)cc1. The zero-order chi connectivity index (χ0) is 17.5. The number of halogens is 1. The Hall–Kier alpha value is -2.53. The predicted octanol–water partition coefficient (Wildman–Crippen LogP) is 3.13. The van der Waals surface area contributed by atoms with Gasteiger partial charge in [0, 0.05) is 11.6 Å². The Morgan fingerprint density at radius 2 is 1.83 bits per heavy atom. The first-order valence-electron chi connectivity index (χ1n) is 7.32. The molecular weight excluding hydrogens is 330 g/mol. The number of methoxy groups -OCH3 is 1. The van der Waals surface area contributed by atoms with E-state index < -0.39 is 5.97 Å². The molecule has 0 aliphatic heterocycles. The molecule has 0 spiro atoms. The first kappa shape index (κ1) is 17.8. The molecule has 0 saturated heterocycles. The van der Waals surface area contributed by atoms with Crippen LogP contribution in [0.4, 0.5) is 0 Å². The molecule has 0 atom stereocenters. The van der Waals surface area contributed by atoms with Crippen molar-refractivity contribution < 1.29 is 19.1 Å². The summed E-state index contributed by atoms with van der Waals surface area (Å²) in [6, 6.07) is 12.1. The van der Waals surface area contributed by atoms with Gasteiger partial charge in [-0.05, 0) is 48.4 Å². The van der Waals surface area contributed by atoms with Gasteiger partial charge in [-0.1, -0.05) is 23.7 Å². The molecule has 0 saturated carbocycles. The van der Waals surface area contributed by atoms with E-state index in [2.05, 4.69) is 10.1 Å². The number of carbonyl (C=O) groups is 2. The third-order valence-electron chi connectivity index (χ3n) is 3.36. The Bertz CT molecular complexity index is 728. The number of ether oxygens (including phenoxy) is 2. The van der Waals surface area contributed by atoms with Gasteiger partial charge in [-0.25, -0.2) is 4.79 Å². The molecule has 1 amide bonds. The average Bonchev–Trinajstić information content (AvgIpc) is 2.60. The van der Waals surface area contributed by atoms with Crippen LogP contribution in [0.1, 0.15) is 21.5 Å². The number of hydrogen-bond acceptors (Lipinski definition) is 4. The number of esters is 1. The summed E-state index contributed by atoms with van der Waals surface area (Å²) in [4.78, 5) is 23.2. The zero-order valence-electron chi connectivity index (χ0n) is 13.5. The molecule has 0 radical (unpaired) electrons. The molecule has 1 N–H and O–H groups in total. The van der Waals surface area contributed by atoms with Crippen molar-refractivity contribution in [1.29, 1.82) is 0 Å². The molecule has 0 heterocycles. The van der Waals surface area contributed by atoms with Crippen molar-refractivity contribution in [3.8, 4) is 5.75 Å². The number of carbonyl (C=O) groups excluding carboxylic acids is 2. The summed E-state index contributed by atoms with van der Waals surface area (Å²) in [5.41, 5.74) is 2.23. The first-order chi connectivity index (χ1) is 11.5. The van der Waals surface area contributed by atoms with Gasteiger partial charge >= 0.3 is 5.97 Å². The lowest BCUT2D eigenvalue weighted by atomic mass is 10.1. The second kappa shape index (κ2) is 8.36. The van der Waals surface area contributed by atoms with Gasteiger partial charge in [-0.15, -0.1) is 0 Å². The van der Waals surface area contributed by atoms with Gasteiger partial charge in [0.05, 0.1) is 12.7 Å². The van der Waals surface area contributed by atoms with Crippen molar-refractivity contribution in [3.63, 3.8) is 0 Å². The maximum Gasteiger partial charge on any atom is 0.337 e. The van der Waals surface area contributed by atoms with Crippen LogP contribution in [0.25, 0.3) is 0 Å². The molecule has 2 aromatic rings. The number of nitrogens with one attached hydrogen (secondary N) is 1. The molecule has 0 aliphatic rings. The molecule has 0 bridgehead atoms. The molecule has 5 nitrogen and oxygen atoms in total.